The third kappa shape index (κ3) is 8.50. The number of aromatic nitrogens is 6. The molecule has 0 amide bonds. The van der Waals surface area contributed by atoms with Crippen LogP contribution in [0.2, 0.25) is 0 Å². The molecule has 3 aromatic heterocycles. The zero-order valence-corrected chi connectivity index (χ0v) is 47.6. The summed E-state index contributed by atoms with van der Waals surface area (Å²) in [5.74, 6) is 2.26. The SMILES string of the molecule is c1ccc(-c2cc(-c3ccc(-n4c5ccccc5c5ccccc54)c(-c4nc(-c5ccccc5)nc(-c5cccc(-c6ccc7c8c6N(c6ccccc6)c6ccccc6B8c6ccccc6N7c6ccccc6)c5)n4)c3)nc(-c3ccccc3)n2)cc1. The second kappa shape index (κ2) is 21.1. The molecule has 0 bridgehead atoms. The molecule has 0 saturated heterocycles. The van der Waals surface area contributed by atoms with Crippen LogP contribution in [-0.2, 0) is 0 Å². The van der Waals surface area contributed by atoms with Crippen molar-refractivity contribution in [2.45, 2.75) is 0 Å². The molecule has 0 saturated carbocycles. The van der Waals surface area contributed by atoms with E-state index in [1.807, 2.05) is 54.6 Å². The van der Waals surface area contributed by atoms with Gasteiger partial charge < -0.3 is 14.4 Å². The van der Waals surface area contributed by atoms with Gasteiger partial charge in [-0.3, -0.25) is 0 Å². The summed E-state index contributed by atoms with van der Waals surface area (Å²) in [5, 5.41) is 2.31. The summed E-state index contributed by atoms with van der Waals surface area (Å²) in [5.41, 5.74) is 22.7. The summed E-state index contributed by atoms with van der Waals surface area (Å²) < 4.78 is 2.35. The van der Waals surface area contributed by atoms with E-state index in [9.17, 15) is 0 Å². The van der Waals surface area contributed by atoms with Crippen molar-refractivity contribution in [3.05, 3.63) is 309 Å². The Morgan fingerprint density at radius 2 is 0.716 bits per heavy atom. The van der Waals surface area contributed by atoms with E-state index in [1.165, 1.54) is 22.1 Å². The Labute approximate surface area is 509 Å². The average Bonchev–Trinajstić information content (AvgIpc) is 0.851. The first-order valence-corrected chi connectivity index (χ1v) is 29.8. The smallest absolute Gasteiger partial charge is 0.252 e. The van der Waals surface area contributed by atoms with Crippen LogP contribution in [0.4, 0.5) is 34.1 Å². The van der Waals surface area contributed by atoms with Crippen LogP contribution < -0.4 is 26.2 Å². The fraction of sp³-hybridized carbons (Fsp3) is 0. The lowest BCUT2D eigenvalue weighted by Crippen LogP contribution is -2.61. The zero-order chi connectivity index (χ0) is 58.1. The highest BCUT2D eigenvalue weighted by Crippen LogP contribution is 2.48. The van der Waals surface area contributed by atoms with Crippen LogP contribution >= 0.6 is 0 Å². The van der Waals surface area contributed by atoms with E-state index < -0.39 is 0 Å². The molecule has 2 aliphatic rings. The number of anilines is 6. The van der Waals surface area contributed by atoms with Gasteiger partial charge in [0.2, 0.25) is 0 Å². The highest BCUT2D eigenvalue weighted by molar-refractivity contribution is 7.00. The number of hydrogen-bond acceptors (Lipinski definition) is 7. The van der Waals surface area contributed by atoms with Gasteiger partial charge in [0.1, 0.15) is 0 Å². The van der Waals surface area contributed by atoms with E-state index in [2.05, 4.69) is 269 Å². The Balaban J connectivity index is 0.899. The van der Waals surface area contributed by atoms with Gasteiger partial charge in [0.15, 0.2) is 23.3 Å². The first-order chi connectivity index (χ1) is 43.7. The van der Waals surface area contributed by atoms with Gasteiger partial charge in [-0.2, -0.15) is 0 Å². The summed E-state index contributed by atoms with van der Waals surface area (Å²) >= 11 is 0. The normalized spacial score (nSPS) is 12.2. The van der Waals surface area contributed by atoms with Crippen LogP contribution in [0.5, 0.6) is 0 Å². The molecule has 2 aliphatic heterocycles. The molecule has 0 N–H and O–H groups in total. The van der Waals surface area contributed by atoms with Crippen molar-refractivity contribution < 1.29 is 0 Å². The van der Waals surface area contributed by atoms with Crippen LogP contribution in [0.15, 0.2) is 309 Å². The maximum atomic E-state index is 5.64. The minimum atomic E-state index is -0.0447. The predicted molar refractivity (Wildman–Crippen MR) is 362 cm³/mol. The third-order valence-electron chi connectivity index (χ3n) is 17.2. The molecule has 0 unspecified atom stereocenters. The highest BCUT2D eigenvalue weighted by Gasteiger charge is 2.44. The maximum Gasteiger partial charge on any atom is 0.252 e. The fourth-order valence-corrected chi connectivity index (χ4v) is 13.3. The largest absolute Gasteiger partial charge is 0.311 e. The van der Waals surface area contributed by atoms with Gasteiger partial charge in [-0.05, 0) is 101 Å². The van der Waals surface area contributed by atoms with Crippen molar-refractivity contribution in [1.82, 2.24) is 29.5 Å². The summed E-state index contributed by atoms with van der Waals surface area (Å²) in [7, 11) is 0. The summed E-state index contributed by atoms with van der Waals surface area (Å²) in [6.07, 6.45) is 0. The van der Waals surface area contributed by atoms with Gasteiger partial charge in [-0.15, -0.1) is 0 Å². The molecule has 5 heterocycles. The Bertz CT molecular complexity index is 5050. The van der Waals surface area contributed by atoms with Crippen LogP contribution in [0.3, 0.4) is 0 Å². The quantitative estimate of drug-likeness (QED) is 0.126. The van der Waals surface area contributed by atoms with E-state index in [4.69, 9.17) is 24.9 Å². The van der Waals surface area contributed by atoms with Crippen molar-refractivity contribution in [1.29, 1.82) is 0 Å². The van der Waals surface area contributed by atoms with Crippen LogP contribution in [0, 0.1) is 0 Å². The standard InChI is InChI=1S/C79H51BN8/c1-6-25-52(26-7-1)66-51-67(82-76(81-66)53-27-8-2-9-28-53)56-45-47-70(88-68-41-20-16-37-61(68)62-38-17-21-42-69(62)88)63(50-56)79-84-77(54-29-10-3-11-30-54)83-78(85-79)57-32-24-31-55(49-57)60-46-48-73-74-75(60)87(59-35-14-5-15-36-59)72-44-23-19-40-65(72)80(74)64-39-18-22-43-71(64)86(73)58-33-12-4-13-34-58/h1-51H. The Morgan fingerprint density at radius 3 is 1.34 bits per heavy atom. The Hall–Kier alpha value is -11.8. The van der Waals surface area contributed by atoms with Gasteiger partial charge in [0.25, 0.3) is 6.71 Å². The van der Waals surface area contributed by atoms with E-state index in [-0.39, 0.29) is 6.71 Å². The number of nitrogens with zero attached hydrogens (tertiary/aromatic N) is 8. The zero-order valence-electron chi connectivity index (χ0n) is 47.6. The molecule has 8 nitrogen and oxygen atoms in total. The topological polar surface area (TPSA) is 75.9 Å². The average molecular weight is 1120 g/mol. The van der Waals surface area contributed by atoms with Gasteiger partial charge in [-0.1, -0.05) is 231 Å². The molecule has 410 valence electrons. The number of benzene rings is 12. The molecular weight excluding hydrogens is 1070 g/mol. The molecular formula is C79H51BN8. The second-order valence-corrected chi connectivity index (χ2v) is 22.3. The minimum absolute atomic E-state index is 0.0447. The second-order valence-electron chi connectivity index (χ2n) is 22.3. The third-order valence-corrected chi connectivity index (χ3v) is 17.2. The molecule has 12 aromatic carbocycles. The molecule has 9 heteroatoms. The van der Waals surface area contributed by atoms with Crippen LogP contribution in [0.25, 0.3) is 107 Å². The number of para-hydroxylation sites is 6. The molecule has 0 fully saturated rings. The number of hydrogen-bond donors (Lipinski definition) is 0. The summed E-state index contributed by atoms with van der Waals surface area (Å²) in [6, 6.07) is 109. The Morgan fingerprint density at radius 1 is 0.261 bits per heavy atom. The van der Waals surface area contributed by atoms with Gasteiger partial charge in [0, 0.05) is 78.2 Å². The van der Waals surface area contributed by atoms with E-state index in [0.29, 0.717) is 23.3 Å². The van der Waals surface area contributed by atoms with Crippen molar-refractivity contribution >= 4 is 79.0 Å². The van der Waals surface area contributed by atoms with E-state index >= 15 is 0 Å². The number of fused-ring (bicyclic) bond motifs is 7. The molecule has 15 aromatic rings. The Kier molecular flexibility index (Phi) is 12.1. The van der Waals surface area contributed by atoms with Crippen molar-refractivity contribution in [3.8, 4) is 84.9 Å². The first kappa shape index (κ1) is 50.7. The van der Waals surface area contributed by atoms with Crippen molar-refractivity contribution in [2.75, 3.05) is 9.80 Å². The lowest BCUT2D eigenvalue weighted by molar-refractivity contribution is 1.06. The molecule has 0 spiro atoms. The lowest BCUT2D eigenvalue weighted by atomic mass is 9.33. The first-order valence-electron chi connectivity index (χ1n) is 29.8. The monoisotopic (exact) mass is 1120 g/mol. The van der Waals surface area contributed by atoms with Crippen molar-refractivity contribution in [2.24, 2.45) is 0 Å². The van der Waals surface area contributed by atoms with Gasteiger partial charge in [0.05, 0.1) is 33.8 Å². The summed E-state index contributed by atoms with van der Waals surface area (Å²) in [6.45, 7) is -0.0447. The van der Waals surface area contributed by atoms with Gasteiger partial charge in [-0.25, -0.2) is 24.9 Å². The predicted octanol–water partition coefficient (Wildman–Crippen LogP) is 17.5. The van der Waals surface area contributed by atoms with Gasteiger partial charge >= 0.3 is 0 Å². The van der Waals surface area contributed by atoms with E-state index in [1.54, 1.807) is 0 Å². The highest BCUT2D eigenvalue weighted by atomic mass is 15.2. The number of rotatable bonds is 10. The van der Waals surface area contributed by atoms with Crippen LogP contribution in [-0.4, -0.2) is 36.2 Å². The van der Waals surface area contributed by atoms with Crippen LogP contribution in [0.1, 0.15) is 0 Å². The molecule has 0 aliphatic carbocycles. The van der Waals surface area contributed by atoms with E-state index in [0.717, 1.165) is 112 Å². The lowest BCUT2D eigenvalue weighted by Gasteiger charge is -2.45. The molecule has 0 radical (unpaired) electrons. The maximum absolute atomic E-state index is 5.64. The van der Waals surface area contributed by atoms with Crippen molar-refractivity contribution in [3.63, 3.8) is 0 Å². The molecule has 0 atom stereocenters. The molecule has 88 heavy (non-hydrogen) atoms. The fourth-order valence-electron chi connectivity index (χ4n) is 13.3. The molecule has 17 rings (SSSR count). The summed E-state index contributed by atoms with van der Waals surface area (Å²) in [4.78, 5) is 32.0. The minimum Gasteiger partial charge on any atom is -0.311 e.